The lowest BCUT2D eigenvalue weighted by Crippen LogP contribution is -2.42. The number of ether oxygens (including phenoxy) is 1. The van der Waals surface area contributed by atoms with Crippen LogP contribution in [0.15, 0.2) is 42.7 Å². The van der Waals surface area contributed by atoms with Gasteiger partial charge in [0.1, 0.15) is 11.9 Å². The lowest BCUT2D eigenvalue weighted by Gasteiger charge is -2.23. The van der Waals surface area contributed by atoms with E-state index in [-0.39, 0.29) is 23.5 Å². The minimum atomic E-state index is -0.228. The first kappa shape index (κ1) is 16.3. The van der Waals surface area contributed by atoms with Gasteiger partial charge in [0.2, 0.25) is 5.91 Å². The zero-order valence-corrected chi connectivity index (χ0v) is 14.6. The Balaban J connectivity index is 1.45. The van der Waals surface area contributed by atoms with Gasteiger partial charge in [0.25, 0.3) is 0 Å². The molecule has 1 aliphatic heterocycles. The summed E-state index contributed by atoms with van der Waals surface area (Å²) in [4.78, 5) is 17.4. The van der Waals surface area contributed by atoms with E-state index in [1.807, 2.05) is 24.4 Å². The highest BCUT2D eigenvalue weighted by atomic mass is 16.5. The van der Waals surface area contributed by atoms with Crippen LogP contribution in [-0.4, -0.2) is 28.1 Å². The van der Waals surface area contributed by atoms with Gasteiger partial charge >= 0.3 is 0 Å². The van der Waals surface area contributed by atoms with Crippen molar-refractivity contribution in [1.29, 1.82) is 0 Å². The van der Waals surface area contributed by atoms with Gasteiger partial charge in [-0.15, -0.1) is 0 Å². The quantitative estimate of drug-likeness (QED) is 0.880. The summed E-state index contributed by atoms with van der Waals surface area (Å²) < 4.78 is 8.00. The minimum absolute atomic E-state index is 0.00782. The number of nitrogens with zero attached hydrogens (tertiary/aromatic N) is 2. The molecule has 2 atom stereocenters. The number of carbonyl (C=O) groups excluding carboxylic acids is 1. The van der Waals surface area contributed by atoms with Gasteiger partial charge in [-0.05, 0) is 38.2 Å². The summed E-state index contributed by atoms with van der Waals surface area (Å²) in [7, 11) is 0. The summed E-state index contributed by atoms with van der Waals surface area (Å²) in [6, 6.07) is 10.3. The second kappa shape index (κ2) is 6.64. The third kappa shape index (κ3) is 3.21. The molecule has 1 aromatic carbocycles. The number of aromatic nitrogens is 2. The van der Waals surface area contributed by atoms with Crippen LogP contribution >= 0.6 is 0 Å². The van der Waals surface area contributed by atoms with E-state index in [1.165, 1.54) is 5.56 Å². The van der Waals surface area contributed by atoms with Crippen molar-refractivity contribution in [1.82, 2.24) is 14.9 Å². The largest absolute Gasteiger partial charge is 0.368 e. The SMILES string of the molecule is CCn1ccnc1[C@@H]1OCC[C@H]1NC(=O)C1(Cc2ccccc2)CC1. The third-order valence-corrected chi connectivity index (χ3v) is 5.47. The topological polar surface area (TPSA) is 56.1 Å². The van der Waals surface area contributed by atoms with Crippen molar-refractivity contribution in [3.63, 3.8) is 0 Å². The lowest BCUT2D eigenvalue weighted by atomic mass is 9.94. The number of carbonyl (C=O) groups is 1. The molecular weight excluding hydrogens is 314 g/mol. The summed E-state index contributed by atoms with van der Waals surface area (Å²) >= 11 is 0. The average Bonchev–Trinajstić information content (AvgIpc) is 3.06. The van der Waals surface area contributed by atoms with E-state index in [0.717, 1.165) is 38.1 Å². The molecule has 5 nitrogen and oxygen atoms in total. The van der Waals surface area contributed by atoms with E-state index in [4.69, 9.17) is 4.74 Å². The summed E-state index contributed by atoms with van der Waals surface area (Å²) in [5, 5.41) is 3.27. The van der Waals surface area contributed by atoms with E-state index in [0.29, 0.717) is 6.61 Å². The van der Waals surface area contributed by atoms with Gasteiger partial charge in [-0.1, -0.05) is 30.3 Å². The van der Waals surface area contributed by atoms with Crippen LogP contribution in [0.5, 0.6) is 0 Å². The fourth-order valence-electron chi connectivity index (χ4n) is 3.78. The fourth-order valence-corrected chi connectivity index (χ4v) is 3.78. The Bertz CT molecular complexity index is 736. The van der Waals surface area contributed by atoms with E-state index in [1.54, 1.807) is 6.20 Å². The van der Waals surface area contributed by atoms with E-state index < -0.39 is 0 Å². The Morgan fingerprint density at radius 3 is 2.88 bits per heavy atom. The molecule has 0 spiro atoms. The molecule has 2 heterocycles. The van der Waals surface area contributed by atoms with Gasteiger partial charge in [-0.3, -0.25) is 4.79 Å². The second-order valence-electron chi connectivity index (χ2n) is 7.17. The minimum Gasteiger partial charge on any atom is -0.368 e. The molecule has 2 aromatic rings. The van der Waals surface area contributed by atoms with Crippen molar-refractivity contribution in [2.75, 3.05) is 6.61 Å². The number of imidazole rings is 1. The standard InChI is InChI=1S/C20H25N3O2/c1-2-23-12-11-21-18(23)17-16(8-13-25-17)22-19(24)20(9-10-20)14-15-6-4-3-5-7-15/h3-7,11-12,16-17H,2,8-10,13-14H2,1H3,(H,22,24)/t16-,17-/m1/s1. The van der Waals surface area contributed by atoms with Crippen LogP contribution in [-0.2, 0) is 22.5 Å². The van der Waals surface area contributed by atoms with Crippen molar-refractivity contribution in [3.8, 4) is 0 Å². The highest BCUT2D eigenvalue weighted by Gasteiger charge is 2.50. The highest BCUT2D eigenvalue weighted by molar-refractivity contribution is 5.86. The van der Waals surface area contributed by atoms with Crippen molar-refractivity contribution in [2.24, 2.45) is 5.41 Å². The van der Waals surface area contributed by atoms with E-state index >= 15 is 0 Å². The number of hydrogen-bond donors (Lipinski definition) is 1. The van der Waals surface area contributed by atoms with Gasteiger partial charge < -0.3 is 14.6 Å². The zero-order chi connectivity index (χ0) is 17.3. The maximum absolute atomic E-state index is 13.0. The maximum atomic E-state index is 13.0. The number of rotatable bonds is 6. The smallest absolute Gasteiger partial charge is 0.226 e. The first-order valence-corrected chi connectivity index (χ1v) is 9.19. The van der Waals surface area contributed by atoms with Gasteiger partial charge in [-0.2, -0.15) is 0 Å². The Labute approximate surface area is 148 Å². The van der Waals surface area contributed by atoms with Crippen molar-refractivity contribution in [3.05, 3.63) is 54.1 Å². The predicted octanol–water partition coefficient (Wildman–Crippen LogP) is 2.87. The predicted molar refractivity (Wildman–Crippen MR) is 95.0 cm³/mol. The van der Waals surface area contributed by atoms with Crippen molar-refractivity contribution in [2.45, 2.75) is 51.3 Å². The molecule has 1 saturated carbocycles. The van der Waals surface area contributed by atoms with E-state index in [9.17, 15) is 4.79 Å². The summed E-state index contributed by atoms with van der Waals surface area (Å²) in [6.07, 6.45) is 7.22. The van der Waals surface area contributed by atoms with Gasteiger partial charge in [0.05, 0.1) is 11.5 Å². The van der Waals surface area contributed by atoms with Gasteiger partial charge in [0, 0.05) is 25.5 Å². The molecule has 0 unspecified atom stereocenters. The van der Waals surface area contributed by atoms with Gasteiger partial charge in [0.15, 0.2) is 0 Å². The van der Waals surface area contributed by atoms with E-state index in [2.05, 4.69) is 33.9 Å². The number of benzene rings is 1. The molecular formula is C20H25N3O2. The lowest BCUT2D eigenvalue weighted by molar-refractivity contribution is -0.127. The van der Waals surface area contributed by atoms with Crippen LogP contribution in [0.2, 0.25) is 0 Å². The molecule has 1 amide bonds. The Morgan fingerprint density at radius 2 is 2.16 bits per heavy atom. The average molecular weight is 339 g/mol. The maximum Gasteiger partial charge on any atom is 0.226 e. The molecule has 1 aromatic heterocycles. The number of aryl methyl sites for hydroxylation is 1. The Kier molecular flexibility index (Phi) is 4.34. The molecule has 1 aliphatic carbocycles. The molecule has 2 fully saturated rings. The molecule has 2 aliphatic rings. The molecule has 132 valence electrons. The second-order valence-corrected chi connectivity index (χ2v) is 7.17. The van der Waals surface area contributed by atoms with Crippen molar-refractivity contribution >= 4 is 5.91 Å². The van der Waals surface area contributed by atoms with Crippen LogP contribution in [0.1, 0.15) is 43.7 Å². The summed E-state index contributed by atoms with van der Waals surface area (Å²) in [5.41, 5.74) is 1.00. The number of amides is 1. The zero-order valence-electron chi connectivity index (χ0n) is 14.6. The first-order valence-electron chi connectivity index (χ1n) is 9.19. The Hall–Kier alpha value is -2.14. The van der Waals surface area contributed by atoms with Gasteiger partial charge in [-0.25, -0.2) is 4.98 Å². The highest BCUT2D eigenvalue weighted by Crippen LogP contribution is 2.49. The fraction of sp³-hybridized carbons (Fsp3) is 0.500. The molecule has 4 rings (SSSR count). The van der Waals surface area contributed by atoms with Crippen LogP contribution < -0.4 is 5.32 Å². The molecule has 25 heavy (non-hydrogen) atoms. The Morgan fingerprint density at radius 1 is 1.36 bits per heavy atom. The van der Waals surface area contributed by atoms with Crippen LogP contribution in [0.3, 0.4) is 0 Å². The summed E-state index contributed by atoms with van der Waals surface area (Å²) in [6.45, 7) is 3.61. The molecule has 1 N–H and O–H groups in total. The third-order valence-electron chi connectivity index (χ3n) is 5.47. The van der Waals surface area contributed by atoms with Crippen LogP contribution in [0.25, 0.3) is 0 Å². The van der Waals surface area contributed by atoms with Crippen LogP contribution in [0, 0.1) is 5.41 Å². The molecule has 0 radical (unpaired) electrons. The first-order chi connectivity index (χ1) is 12.2. The molecule has 1 saturated heterocycles. The van der Waals surface area contributed by atoms with Crippen molar-refractivity contribution < 1.29 is 9.53 Å². The monoisotopic (exact) mass is 339 g/mol. The normalized spacial score (nSPS) is 24.2. The number of nitrogens with one attached hydrogen (secondary N) is 1. The van der Waals surface area contributed by atoms with Crippen LogP contribution in [0.4, 0.5) is 0 Å². The summed E-state index contributed by atoms with van der Waals surface area (Å²) in [5.74, 6) is 1.09. The molecule has 5 heteroatoms. The number of hydrogen-bond acceptors (Lipinski definition) is 3. The molecule has 0 bridgehead atoms.